The van der Waals surface area contributed by atoms with E-state index in [1.807, 2.05) is 29.5 Å². The van der Waals surface area contributed by atoms with Gasteiger partial charge in [-0.1, -0.05) is 0 Å². The molecule has 1 aromatic rings. The van der Waals surface area contributed by atoms with Crippen LogP contribution < -0.4 is 0 Å². The topological polar surface area (TPSA) is 37.3 Å². The number of phenolic OH excluding ortho intramolecular Hbond substituents is 1. The van der Waals surface area contributed by atoms with Crippen molar-refractivity contribution < 1.29 is 9.90 Å². The van der Waals surface area contributed by atoms with Crippen LogP contribution in [0.15, 0.2) is 6.07 Å². The normalized spacial score (nSPS) is 9.92. The summed E-state index contributed by atoms with van der Waals surface area (Å²) >= 11 is 2.04. The molecule has 0 aliphatic heterocycles. The molecular weight excluding hydrogens is 267 g/mol. The predicted molar refractivity (Wildman–Crippen MR) is 55.7 cm³/mol. The fraction of sp³-hybridized carbons (Fsp3) is 0.222. The molecule has 0 spiro atoms. The molecule has 0 saturated carbocycles. The van der Waals surface area contributed by atoms with Gasteiger partial charge in [0.25, 0.3) is 0 Å². The largest absolute Gasteiger partial charge is 0.507 e. The summed E-state index contributed by atoms with van der Waals surface area (Å²) in [6.45, 7) is 3.60. The maximum Gasteiger partial charge on any atom is 0.150 e. The maximum absolute atomic E-state index is 10.6. The van der Waals surface area contributed by atoms with Crippen LogP contribution in [0, 0.1) is 17.4 Å². The van der Waals surface area contributed by atoms with E-state index >= 15 is 0 Å². The monoisotopic (exact) mass is 276 g/mol. The second-order valence-corrected chi connectivity index (χ2v) is 3.84. The van der Waals surface area contributed by atoms with Gasteiger partial charge in [0.05, 0.1) is 3.57 Å². The van der Waals surface area contributed by atoms with Crippen LogP contribution in [0.1, 0.15) is 21.5 Å². The smallest absolute Gasteiger partial charge is 0.150 e. The zero-order valence-electron chi connectivity index (χ0n) is 6.89. The summed E-state index contributed by atoms with van der Waals surface area (Å²) in [7, 11) is 0. The van der Waals surface area contributed by atoms with E-state index in [-0.39, 0.29) is 5.75 Å². The molecule has 0 bridgehead atoms. The number of aldehydes is 1. The highest BCUT2D eigenvalue weighted by Crippen LogP contribution is 2.28. The molecule has 0 radical (unpaired) electrons. The van der Waals surface area contributed by atoms with Crippen molar-refractivity contribution in [1.29, 1.82) is 0 Å². The summed E-state index contributed by atoms with van der Waals surface area (Å²) in [5.41, 5.74) is 2.16. The van der Waals surface area contributed by atoms with E-state index in [9.17, 15) is 9.90 Å². The molecule has 0 saturated heterocycles. The van der Waals surface area contributed by atoms with Crippen molar-refractivity contribution in [3.63, 3.8) is 0 Å². The standard InChI is InChI=1S/C9H9IO2/c1-5-3-8(10)9(12)6(2)7(5)4-11/h3-4,12H,1-2H3. The lowest BCUT2D eigenvalue weighted by molar-refractivity contribution is 0.112. The molecule has 1 aromatic carbocycles. The Morgan fingerprint density at radius 2 is 2.08 bits per heavy atom. The molecule has 0 aromatic heterocycles. The third-order valence-corrected chi connectivity index (χ3v) is 2.69. The van der Waals surface area contributed by atoms with Crippen molar-refractivity contribution in [2.24, 2.45) is 0 Å². The SMILES string of the molecule is Cc1cc(I)c(O)c(C)c1C=O. The van der Waals surface area contributed by atoms with Crippen molar-refractivity contribution in [2.45, 2.75) is 13.8 Å². The molecule has 3 heteroatoms. The molecule has 12 heavy (non-hydrogen) atoms. The lowest BCUT2D eigenvalue weighted by atomic mass is 10.0. The first-order valence-electron chi connectivity index (χ1n) is 3.51. The first kappa shape index (κ1) is 9.51. The predicted octanol–water partition coefficient (Wildman–Crippen LogP) is 2.43. The highest BCUT2D eigenvalue weighted by molar-refractivity contribution is 14.1. The van der Waals surface area contributed by atoms with Gasteiger partial charge in [-0.25, -0.2) is 0 Å². The Labute approximate surface area is 84.7 Å². The first-order valence-corrected chi connectivity index (χ1v) is 4.59. The molecule has 2 nitrogen and oxygen atoms in total. The van der Waals surface area contributed by atoms with Crippen LogP contribution in [0.3, 0.4) is 0 Å². The van der Waals surface area contributed by atoms with E-state index in [4.69, 9.17) is 0 Å². The number of aromatic hydroxyl groups is 1. The molecule has 1 N–H and O–H groups in total. The molecule has 0 aliphatic carbocycles. The van der Waals surface area contributed by atoms with E-state index in [1.54, 1.807) is 13.0 Å². The number of rotatable bonds is 1. The Kier molecular flexibility index (Phi) is 2.72. The van der Waals surface area contributed by atoms with Crippen LogP contribution in [-0.2, 0) is 0 Å². The Morgan fingerprint density at radius 1 is 1.50 bits per heavy atom. The van der Waals surface area contributed by atoms with E-state index in [1.165, 1.54) is 0 Å². The molecule has 0 unspecified atom stereocenters. The summed E-state index contributed by atoms with van der Waals surface area (Å²) < 4.78 is 0.785. The molecular formula is C9H9IO2. The number of hydrogen-bond donors (Lipinski definition) is 1. The Balaban J connectivity index is 3.51. The second kappa shape index (κ2) is 3.43. The van der Waals surface area contributed by atoms with Gasteiger partial charge in [0.2, 0.25) is 0 Å². The van der Waals surface area contributed by atoms with E-state index in [0.29, 0.717) is 11.1 Å². The number of carbonyl (C=O) groups is 1. The van der Waals surface area contributed by atoms with Gasteiger partial charge in [0.1, 0.15) is 5.75 Å². The number of aryl methyl sites for hydroxylation is 1. The van der Waals surface area contributed by atoms with Gasteiger partial charge >= 0.3 is 0 Å². The van der Waals surface area contributed by atoms with E-state index in [2.05, 4.69) is 0 Å². The second-order valence-electron chi connectivity index (χ2n) is 2.68. The van der Waals surface area contributed by atoms with Crippen molar-refractivity contribution in [3.8, 4) is 5.75 Å². The minimum absolute atomic E-state index is 0.211. The summed E-state index contributed by atoms with van der Waals surface area (Å²) in [5, 5.41) is 9.48. The Bertz CT molecular complexity index is 332. The van der Waals surface area contributed by atoms with Gasteiger partial charge in [-0.15, -0.1) is 0 Å². The first-order chi connectivity index (χ1) is 5.57. The van der Waals surface area contributed by atoms with Gasteiger partial charge < -0.3 is 5.11 Å². The maximum atomic E-state index is 10.6. The van der Waals surface area contributed by atoms with Crippen LogP contribution in [0.4, 0.5) is 0 Å². The zero-order chi connectivity index (χ0) is 9.30. The number of halogens is 1. The summed E-state index contributed by atoms with van der Waals surface area (Å²) in [4.78, 5) is 10.6. The Hall–Kier alpha value is -0.580. The van der Waals surface area contributed by atoms with Gasteiger partial charge in [-0.2, -0.15) is 0 Å². The van der Waals surface area contributed by atoms with Crippen LogP contribution in [-0.4, -0.2) is 11.4 Å². The molecule has 1 rings (SSSR count). The number of phenols is 1. The summed E-state index contributed by atoms with van der Waals surface area (Å²) in [6.07, 6.45) is 0.778. The third-order valence-electron chi connectivity index (χ3n) is 1.87. The Morgan fingerprint density at radius 3 is 2.58 bits per heavy atom. The van der Waals surface area contributed by atoms with Crippen molar-refractivity contribution in [2.75, 3.05) is 0 Å². The highest BCUT2D eigenvalue weighted by atomic mass is 127. The van der Waals surface area contributed by atoms with Crippen LogP contribution in [0.5, 0.6) is 5.75 Å². The van der Waals surface area contributed by atoms with Crippen molar-refractivity contribution >= 4 is 28.9 Å². The van der Waals surface area contributed by atoms with E-state index < -0.39 is 0 Å². The number of benzene rings is 1. The minimum Gasteiger partial charge on any atom is -0.507 e. The lowest BCUT2D eigenvalue weighted by Crippen LogP contribution is -1.93. The van der Waals surface area contributed by atoms with Crippen LogP contribution >= 0.6 is 22.6 Å². The average molecular weight is 276 g/mol. The number of hydrogen-bond acceptors (Lipinski definition) is 2. The molecule has 0 amide bonds. The molecule has 64 valence electrons. The van der Waals surface area contributed by atoms with Crippen LogP contribution in [0.25, 0.3) is 0 Å². The van der Waals surface area contributed by atoms with Gasteiger partial charge in [0, 0.05) is 11.1 Å². The minimum atomic E-state index is 0.211. The van der Waals surface area contributed by atoms with Crippen molar-refractivity contribution in [3.05, 3.63) is 26.3 Å². The molecule has 0 heterocycles. The highest BCUT2D eigenvalue weighted by Gasteiger charge is 2.09. The average Bonchev–Trinajstić information content (AvgIpc) is 2.01. The zero-order valence-corrected chi connectivity index (χ0v) is 9.05. The van der Waals surface area contributed by atoms with Gasteiger partial charge in [-0.3, -0.25) is 4.79 Å². The fourth-order valence-electron chi connectivity index (χ4n) is 1.12. The quantitative estimate of drug-likeness (QED) is 0.631. The van der Waals surface area contributed by atoms with Gasteiger partial charge in [0.15, 0.2) is 6.29 Å². The summed E-state index contributed by atoms with van der Waals surface area (Å²) in [5.74, 6) is 0.211. The molecule has 0 fully saturated rings. The summed E-state index contributed by atoms with van der Waals surface area (Å²) in [6, 6.07) is 1.80. The fourth-order valence-corrected chi connectivity index (χ4v) is 1.99. The molecule has 0 atom stereocenters. The molecule has 0 aliphatic rings. The van der Waals surface area contributed by atoms with E-state index in [0.717, 1.165) is 15.4 Å². The van der Waals surface area contributed by atoms with Crippen molar-refractivity contribution in [1.82, 2.24) is 0 Å². The van der Waals surface area contributed by atoms with Gasteiger partial charge in [-0.05, 0) is 48.1 Å². The lowest BCUT2D eigenvalue weighted by Gasteiger charge is -2.07. The van der Waals surface area contributed by atoms with Crippen LogP contribution in [0.2, 0.25) is 0 Å². The number of carbonyl (C=O) groups excluding carboxylic acids is 1. The third kappa shape index (κ3) is 1.46.